The van der Waals surface area contributed by atoms with Crippen molar-refractivity contribution in [3.63, 3.8) is 0 Å². The zero-order valence-electron chi connectivity index (χ0n) is 8.70. The molecule has 0 spiro atoms. The number of ether oxygens (including phenoxy) is 3. The average Bonchev–Trinajstić information content (AvgIpc) is 2.10. The minimum atomic E-state index is -0.627. The van der Waals surface area contributed by atoms with E-state index in [1.807, 2.05) is 20.8 Å². The van der Waals surface area contributed by atoms with E-state index in [1.54, 1.807) is 7.11 Å². The summed E-state index contributed by atoms with van der Waals surface area (Å²) in [6.45, 7) is 6.36. The van der Waals surface area contributed by atoms with Crippen molar-refractivity contribution in [3.8, 4) is 0 Å². The first-order valence-corrected chi connectivity index (χ1v) is 4.38. The first-order valence-electron chi connectivity index (χ1n) is 4.38. The zero-order valence-corrected chi connectivity index (χ0v) is 8.70. The second kappa shape index (κ2) is 6.71. The summed E-state index contributed by atoms with van der Waals surface area (Å²) in [5, 5.41) is 0. The molecule has 0 saturated carbocycles. The fraction of sp³-hybridized carbons (Fsp3) is 0.889. The summed E-state index contributed by atoms with van der Waals surface area (Å²) in [7, 11) is 1.56. The van der Waals surface area contributed by atoms with E-state index in [0.29, 0.717) is 12.5 Å². The molecule has 0 radical (unpaired) electrons. The lowest BCUT2D eigenvalue weighted by atomic mass is 10.2. The number of hydrogen-bond acceptors (Lipinski definition) is 4. The molecule has 0 N–H and O–H groups in total. The highest BCUT2D eigenvalue weighted by Gasteiger charge is 2.07. The predicted molar refractivity (Wildman–Crippen MR) is 48.6 cm³/mol. The molecule has 0 amide bonds. The van der Waals surface area contributed by atoms with Crippen molar-refractivity contribution < 1.29 is 19.0 Å². The van der Waals surface area contributed by atoms with Gasteiger partial charge in [-0.2, -0.15) is 0 Å². The topological polar surface area (TPSA) is 44.8 Å². The molecule has 4 nitrogen and oxygen atoms in total. The third kappa shape index (κ3) is 7.59. The summed E-state index contributed by atoms with van der Waals surface area (Å²) in [6.07, 6.45) is -0.718. The maximum absolute atomic E-state index is 10.9. The SMILES string of the molecule is CO[C@@H](C)COC(=O)OCC(C)C. The third-order valence-corrected chi connectivity index (χ3v) is 1.37. The molecular weight excluding hydrogens is 172 g/mol. The maximum Gasteiger partial charge on any atom is 0.508 e. The molecule has 0 aromatic heterocycles. The Labute approximate surface area is 79.2 Å². The first-order chi connectivity index (χ1) is 6.06. The van der Waals surface area contributed by atoms with Gasteiger partial charge in [-0.15, -0.1) is 0 Å². The molecule has 0 rings (SSSR count). The highest BCUT2D eigenvalue weighted by molar-refractivity contribution is 5.59. The van der Waals surface area contributed by atoms with Crippen molar-refractivity contribution in [1.29, 1.82) is 0 Å². The number of carbonyl (C=O) groups is 1. The van der Waals surface area contributed by atoms with Gasteiger partial charge in [0.05, 0.1) is 12.7 Å². The second-order valence-corrected chi connectivity index (χ2v) is 3.31. The Kier molecular flexibility index (Phi) is 6.32. The molecule has 0 unspecified atom stereocenters. The molecule has 0 aliphatic heterocycles. The summed E-state index contributed by atoms with van der Waals surface area (Å²) in [5.74, 6) is 0.326. The van der Waals surface area contributed by atoms with Crippen LogP contribution < -0.4 is 0 Å². The van der Waals surface area contributed by atoms with Crippen LogP contribution >= 0.6 is 0 Å². The molecule has 0 heterocycles. The first kappa shape index (κ1) is 12.2. The van der Waals surface area contributed by atoms with Gasteiger partial charge in [0.1, 0.15) is 6.61 Å². The van der Waals surface area contributed by atoms with E-state index in [-0.39, 0.29) is 12.7 Å². The van der Waals surface area contributed by atoms with Crippen molar-refractivity contribution in [2.45, 2.75) is 26.9 Å². The molecule has 0 aliphatic rings. The highest BCUT2D eigenvalue weighted by Crippen LogP contribution is 1.96. The van der Waals surface area contributed by atoms with Gasteiger partial charge in [-0.3, -0.25) is 0 Å². The van der Waals surface area contributed by atoms with Crippen LogP contribution in [0.5, 0.6) is 0 Å². The van der Waals surface area contributed by atoms with E-state index in [4.69, 9.17) is 14.2 Å². The molecule has 1 atom stereocenters. The van der Waals surface area contributed by atoms with E-state index < -0.39 is 6.16 Å². The predicted octanol–water partition coefficient (Wildman–Crippen LogP) is 1.83. The van der Waals surface area contributed by atoms with Crippen LogP contribution in [0.2, 0.25) is 0 Å². The normalized spacial score (nSPS) is 12.7. The zero-order chi connectivity index (χ0) is 10.3. The smallest absolute Gasteiger partial charge is 0.434 e. The molecule has 0 bridgehead atoms. The van der Waals surface area contributed by atoms with Crippen LogP contribution in [0.3, 0.4) is 0 Å². The van der Waals surface area contributed by atoms with Gasteiger partial charge >= 0.3 is 6.16 Å². The molecule has 13 heavy (non-hydrogen) atoms. The fourth-order valence-corrected chi connectivity index (χ4v) is 0.530. The Hall–Kier alpha value is -0.770. The van der Waals surface area contributed by atoms with Crippen LogP contribution in [0, 0.1) is 5.92 Å². The van der Waals surface area contributed by atoms with Gasteiger partial charge in [0.15, 0.2) is 0 Å². The van der Waals surface area contributed by atoms with Crippen LogP contribution in [-0.2, 0) is 14.2 Å². The number of rotatable bonds is 5. The van der Waals surface area contributed by atoms with Crippen LogP contribution in [0.25, 0.3) is 0 Å². The quantitative estimate of drug-likeness (QED) is 0.620. The standard InChI is InChI=1S/C9H18O4/c1-7(2)5-12-9(10)13-6-8(3)11-4/h7-8H,5-6H2,1-4H3/t8-/m0/s1. The Morgan fingerprint density at radius 2 is 1.69 bits per heavy atom. The molecule has 0 saturated heterocycles. The highest BCUT2D eigenvalue weighted by atomic mass is 16.7. The Morgan fingerprint density at radius 1 is 1.15 bits per heavy atom. The minimum Gasteiger partial charge on any atom is -0.434 e. The van der Waals surface area contributed by atoms with E-state index in [2.05, 4.69) is 0 Å². The lowest BCUT2D eigenvalue weighted by molar-refractivity contribution is 0.00531. The number of hydrogen-bond donors (Lipinski definition) is 0. The summed E-state index contributed by atoms with van der Waals surface area (Å²) in [5.41, 5.74) is 0. The molecule has 0 aliphatic carbocycles. The van der Waals surface area contributed by atoms with Crippen molar-refractivity contribution in [1.82, 2.24) is 0 Å². The van der Waals surface area contributed by atoms with Crippen LogP contribution in [0.4, 0.5) is 4.79 Å². The van der Waals surface area contributed by atoms with Gasteiger partial charge in [-0.1, -0.05) is 13.8 Å². The Morgan fingerprint density at radius 3 is 2.15 bits per heavy atom. The molecule has 78 valence electrons. The van der Waals surface area contributed by atoms with Crippen LogP contribution in [0.1, 0.15) is 20.8 Å². The summed E-state index contributed by atoms with van der Waals surface area (Å²) in [6, 6.07) is 0. The molecule has 4 heteroatoms. The van der Waals surface area contributed by atoms with Crippen molar-refractivity contribution >= 4 is 6.16 Å². The Balaban J connectivity index is 3.40. The van der Waals surface area contributed by atoms with Gasteiger partial charge in [0.25, 0.3) is 0 Å². The summed E-state index contributed by atoms with van der Waals surface area (Å²) in [4.78, 5) is 10.9. The number of carbonyl (C=O) groups excluding carboxylic acids is 1. The molecular formula is C9H18O4. The lowest BCUT2D eigenvalue weighted by Crippen LogP contribution is -2.19. The van der Waals surface area contributed by atoms with Crippen molar-refractivity contribution in [2.24, 2.45) is 5.92 Å². The van der Waals surface area contributed by atoms with Gasteiger partial charge < -0.3 is 14.2 Å². The molecule has 0 aromatic rings. The van der Waals surface area contributed by atoms with E-state index >= 15 is 0 Å². The van der Waals surface area contributed by atoms with Crippen LogP contribution in [0.15, 0.2) is 0 Å². The van der Waals surface area contributed by atoms with E-state index in [9.17, 15) is 4.79 Å². The van der Waals surface area contributed by atoms with E-state index in [0.717, 1.165) is 0 Å². The van der Waals surface area contributed by atoms with Crippen molar-refractivity contribution in [3.05, 3.63) is 0 Å². The monoisotopic (exact) mass is 190 g/mol. The average molecular weight is 190 g/mol. The third-order valence-electron chi connectivity index (χ3n) is 1.37. The van der Waals surface area contributed by atoms with Gasteiger partial charge in [0.2, 0.25) is 0 Å². The summed E-state index contributed by atoms with van der Waals surface area (Å²) >= 11 is 0. The Bertz CT molecular complexity index is 145. The summed E-state index contributed by atoms with van der Waals surface area (Å²) < 4.78 is 14.4. The van der Waals surface area contributed by atoms with Gasteiger partial charge in [-0.05, 0) is 12.8 Å². The molecule has 0 aromatic carbocycles. The lowest BCUT2D eigenvalue weighted by Gasteiger charge is -2.11. The second-order valence-electron chi connectivity index (χ2n) is 3.31. The number of methoxy groups -OCH3 is 1. The largest absolute Gasteiger partial charge is 0.508 e. The van der Waals surface area contributed by atoms with Crippen molar-refractivity contribution in [2.75, 3.05) is 20.3 Å². The van der Waals surface area contributed by atoms with E-state index in [1.165, 1.54) is 0 Å². The molecule has 0 fully saturated rings. The minimum absolute atomic E-state index is 0.0911. The van der Waals surface area contributed by atoms with Crippen LogP contribution in [-0.4, -0.2) is 32.6 Å². The van der Waals surface area contributed by atoms with Gasteiger partial charge in [-0.25, -0.2) is 4.79 Å². The maximum atomic E-state index is 10.9. The fourth-order valence-electron chi connectivity index (χ4n) is 0.530. The van der Waals surface area contributed by atoms with Gasteiger partial charge in [0, 0.05) is 7.11 Å².